The fourth-order valence-electron chi connectivity index (χ4n) is 1.56. The molecular formula is C10H20N2O3. The number of carbonyl (C=O) groups is 2. The van der Waals surface area contributed by atoms with Crippen molar-refractivity contribution in [3.8, 4) is 0 Å². The Morgan fingerprint density at radius 1 is 1.40 bits per heavy atom. The van der Waals surface area contributed by atoms with Crippen molar-refractivity contribution in [3.63, 3.8) is 0 Å². The lowest BCUT2D eigenvalue weighted by Crippen LogP contribution is -2.46. The number of rotatable bonds is 7. The molecule has 1 atom stereocenters. The first-order valence-electron chi connectivity index (χ1n) is 5.13. The molecule has 0 aromatic heterocycles. The predicted molar refractivity (Wildman–Crippen MR) is 57.3 cm³/mol. The summed E-state index contributed by atoms with van der Waals surface area (Å²) in [4.78, 5) is 23.4. The van der Waals surface area contributed by atoms with Gasteiger partial charge in [-0.25, -0.2) is 0 Å². The average Bonchev–Trinajstić information content (AvgIpc) is 2.01. The molecule has 15 heavy (non-hydrogen) atoms. The first-order valence-corrected chi connectivity index (χ1v) is 5.13. The van der Waals surface area contributed by atoms with E-state index >= 15 is 0 Å². The maximum Gasteiger partial charge on any atom is 0.320 e. The second kappa shape index (κ2) is 6.40. The minimum atomic E-state index is -0.903. The fraction of sp³-hybridized carbons (Fsp3) is 0.800. The summed E-state index contributed by atoms with van der Waals surface area (Å²) in [5.74, 6) is -1.09. The van der Waals surface area contributed by atoms with Crippen molar-refractivity contribution >= 4 is 11.9 Å². The molecule has 0 fully saturated rings. The van der Waals surface area contributed by atoms with Crippen LogP contribution in [0.25, 0.3) is 0 Å². The second-order valence-electron chi connectivity index (χ2n) is 4.05. The maximum atomic E-state index is 10.9. The highest BCUT2D eigenvalue weighted by atomic mass is 16.4. The lowest BCUT2D eigenvalue weighted by molar-refractivity contribution is -0.144. The normalized spacial score (nSPS) is 13.1. The van der Waals surface area contributed by atoms with E-state index in [2.05, 4.69) is 0 Å². The monoisotopic (exact) mass is 216 g/mol. The SMILES string of the molecule is CCC(C(=O)O)N(CC(N)=O)CC(C)C. The Hall–Kier alpha value is -1.10. The van der Waals surface area contributed by atoms with Crippen molar-refractivity contribution in [3.05, 3.63) is 0 Å². The summed E-state index contributed by atoms with van der Waals surface area (Å²) in [5.41, 5.74) is 5.09. The quantitative estimate of drug-likeness (QED) is 0.640. The van der Waals surface area contributed by atoms with Gasteiger partial charge in [-0.05, 0) is 12.3 Å². The molecule has 0 aromatic rings. The van der Waals surface area contributed by atoms with Gasteiger partial charge in [0.1, 0.15) is 6.04 Å². The Balaban J connectivity index is 4.57. The Morgan fingerprint density at radius 2 is 1.93 bits per heavy atom. The average molecular weight is 216 g/mol. The van der Waals surface area contributed by atoms with Crippen LogP contribution in [-0.2, 0) is 9.59 Å². The lowest BCUT2D eigenvalue weighted by Gasteiger charge is -2.28. The Kier molecular flexibility index (Phi) is 5.93. The first kappa shape index (κ1) is 13.9. The fourth-order valence-corrected chi connectivity index (χ4v) is 1.56. The van der Waals surface area contributed by atoms with Crippen LogP contribution < -0.4 is 5.73 Å². The number of nitrogens with two attached hydrogens (primary N) is 1. The molecule has 0 aliphatic rings. The molecule has 0 heterocycles. The third-order valence-electron chi connectivity index (χ3n) is 2.07. The van der Waals surface area contributed by atoms with Crippen molar-refractivity contribution in [1.29, 1.82) is 0 Å². The van der Waals surface area contributed by atoms with Crippen LogP contribution in [-0.4, -0.2) is 41.0 Å². The van der Waals surface area contributed by atoms with Gasteiger partial charge in [-0.3, -0.25) is 14.5 Å². The van der Waals surface area contributed by atoms with E-state index < -0.39 is 17.9 Å². The molecule has 1 amide bonds. The Bertz CT molecular complexity index is 229. The van der Waals surface area contributed by atoms with Gasteiger partial charge in [0, 0.05) is 6.54 Å². The Morgan fingerprint density at radius 3 is 2.20 bits per heavy atom. The number of carboxylic acid groups (broad SMARTS) is 1. The highest BCUT2D eigenvalue weighted by Crippen LogP contribution is 2.08. The predicted octanol–water partition coefficient (Wildman–Crippen LogP) is 0.293. The number of nitrogens with zero attached hydrogens (tertiary/aromatic N) is 1. The Labute approximate surface area is 90.2 Å². The molecule has 0 saturated heterocycles. The number of hydrogen-bond acceptors (Lipinski definition) is 3. The summed E-state index contributed by atoms with van der Waals surface area (Å²) in [5, 5.41) is 8.98. The summed E-state index contributed by atoms with van der Waals surface area (Å²) < 4.78 is 0. The third kappa shape index (κ3) is 5.37. The molecule has 0 rings (SSSR count). The van der Waals surface area contributed by atoms with Crippen LogP contribution in [0, 0.1) is 5.92 Å². The number of aliphatic carboxylic acids is 1. The van der Waals surface area contributed by atoms with E-state index in [9.17, 15) is 9.59 Å². The van der Waals surface area contributed by atoms with Crippen LogP contribution in [0.5, 0.6) is 0 Å². The zero-order valence-corrected chi connectivity index (χ0v) is 9.56. The van der Waals surface area contributed by atoms with Gasteiger partial charge in [0.15, 0.2) is 0 Å². The van der Waals surface area contributed by atoms with E-state index in [1.54, 1.807) is 11.8 Å². The first-order chi connectivity index (χ1) is 6.88. The van der Waals surface area contributed by atoms with Crippen LogP contribution in [0.1, 0.15) is 27.2 Å². The van der Waals surface area contributed by atoms with Gasteiger partial charge in [-0.2, -0.15) is 0 Å². The summed E-state index contributed by atoms with van der Waals surface area (Å²) in [7, 11) is 0. The highest BCUT2D eigenvalue weighted by Gasteiger charge is 2.25. The van der Waals surface area contributed by atoms with Crippen LogP contribution >= 0.6 is 0 Å². The molecule has 3 N–H and O–H groups in total. The van der Waals surface area contributed by atoms with Gasteiger partial charge in [0.2, 0.25) is 5.91 Å². The van der Waals surface area contributed by atoms with Crippen LogP contribution in [0.4, 0.5) is 0 Å². The maximum absolute atomic E-state index is 10.9. The third-order valence-corrected chi connectivity index (χ3v) is 2.07. The second-order valence-corrected chi connectivity index (χ2v) is 4.05. The highest BCUT2D eigenvalue weighted by molar-refractivity contribution is 5.78. The molecule has 0 spiro atoms. The van der Waals surface area contributed by atoms with E-state index in [1.165, 1.54) is 0 Å². The molecule has 0 aliphatic heterocycles. The number of primary amides is 1. The van der Waals surface area contributed by atoms with E-state index in [-0.39, 0.29) is 6.54 Å². The molecular weight excluding hydrogens is 196 g/mol. The van der Waals surface area contributed by atoms with Gasteiger partial charge >= 0.3 is 5.97 Å². The van der Waals surface area contributed by atoms with E-state index in [4.69, 9.17) is 10.8 Å². The van der Waals surface area contributed by atoms with Gasteiger partial charge < -0.3 is 10.8 Å². The van der Waals surface area contributed by atoms with Crippen molar-refractivity contribution in [1.82, 2.24) is 4.90 Å². The largest absolute Gasteiger partial charge is 0.480 e. The zero-order chi connectivity index (χ0) is 12.0. The molecule has 0 saturated carbocycles. The topological polar surface area (TPSA) is 83.6 Å². The summed E-state index contributed by atoms with van der Waals surface area (Å²) in [6.07, 6.45) is 0.468. The molecule has 0 radical (unpaired) electrons. The molecule has 5 heteroatoms. The zero-order valence-electron chi connectivity index (χ0n) is 9.56. The summed E-state index contributed by atoms with van der Waals surface area (Å²) >= 11 is 0. The molecule has 0 aromatic carbocycles. The number of carbonyl (C=O) groups excluding carboxylic acids is 1. The van der Waals surface area contributed by atoms with E-state index in [1.807, 2.05) is 13.8 Å². The number of amides is 1. The molecule has 5 nitrogen and oxygen atoms in total. The van der Waals surface area contributed by atoms with Crippen molar-refractivity contribution < 1.29 is 14.7 Å². The molecule has 0 bridgehead atoms. The standard InChI is InChI=1S/C10H20N2O3/c1-4-8(10(14)15)12(5-7(2)3)6-9(11)13/h7-8H,4-6H2,1-3H3,(H2,11,13)(H,14,15). The summed E-state index contributed by atoms with van der Waals surface area (Å²) in [6, 6.07) is -0.625. The van der Waals surface area contributed by atoms with E-state index in [0.717, 1.165) is 0 Å². The lowest BCUT2D eigenvalue weighted by atomic mass is 10.1. The van der Waals surface area contributed by atoms with Gasteiger partial charge in [0.05, 0.1) is 6.54 Å². The van der Waals surface area contributed by atoms with Crippen molar-refractivity contribution in [2.24, 2.45) is 11.7 Å². The molecule has 88 valence electrons. The minimum absolute atomic E-state index is 0.00296. The summed E-state index contributed by atoms with van der Waals surface area (Å²) in [6.45, 7) is 6.30. The van der Waals surface area contributed by atoms with Crippen molar-refractivity contribution in [2.75, 3.05) is 13.1 Å². The minimum Gasteiger partial charge on any atom is -0.480 e. The van der Waals surface area contributed by atoms with Crippen LogP contribution in [0.2, 0.25) is 0 Å². The van der Waals surface area contributed by atoms with Crippen LogP contribution in [0.15, 0.2) is 0 Å². The van der Waals surface area contributed by atoms with Gasteiger partial charge in [-0.15, -0.1) is 0 Å². The van der Waals surface area contributed by atoms with Crippen LogP contribution in [0.3, 0.4) is 0 Å². The van der Waals surface area contributed by atoms with E-state index in [0.29, 0.717) is 18.9 Å². The van der Waals surface area contributed by atoms with Gasteiger partial charge in [0.25, 0.3) is 0 Å². The number of carboxylic acids is 1. The molecule has 0 aliphatic carbocycles. The van der Waals surface area contributed by atoms with Gasteiger partial charge in [-0.1, -0.05) is 20.8 Å². The molecule has 1 unspecified atom stereocenters. The number of hydrogen-bond donors (Lipinski definition) is 2. The van der Waals surface area contributed by atoms with Crippen molar-refractivity contribution in [2.45, 2.75) is 33.2 Å². The smallest absolute Gasteiger partial charge is 0.320 e.